The zero-order valence-electron chi connectivity index (χ0n) is 13.8. The first-order chi connectivity index (χ1) is 11.7. The highest BCUT2D eigenvalue weighted by molar-refractivity contribution is 7.99. The lowest BCUT2D eigenvalue weighted by atomic mass is 10.1. The van der Waals surface area contributed by atoms with Crippen LogP contribution in [0.1, 0.15) is 12.0 Å². The Hall–Kier alpha value is -2.12. The number of pyridine rings is 1. The van der Waals surface area contributed by atoms with E-state index in [4.69, 9.17) is 4.74 Å². The number of thioether (sulfide) groups is 1. The van der Waals surface area contributed by atoms with Crippen molar-refractivity contribution in [3.8, 4) is 0 Å². The van der Waals surface area contributed by atoms with Gasteiger partial charge in [-0.2, -0.15) is 0 Å². The van der Waals surface area contributed by atoms with Crippen LogP contribution in [0.25, 0.3) is 16.6 Å². The minimum absolute atomic E-state index is 0.00993. The van der Waals surface area contributed by atoms with E-state index in [1.165, 1.54) is 11.8 Å². The topological polar surface area (TPSA) is 68.5 Å². The van der Waals surface area contributed by atoms with Crippen molar-refractivity contribution in [1.82, 2.24) is 19.9 Å². The van der Waals surface area contributed by atoms with Gasteiger partial charge in [0.2, 0.25) is 5.91 Å². The second-order valence-electron chi connectivity index (χ2n) is 5.51. The standard InChI is InChI=1S/C17H20N4O2S/c1-12-10-15-19-20-17(21(15)14-7-4-3-6-13(12)14)24-11-16(22)18-8-5-9-23-2/h3-4,6-7,10H,5,8-9,11H2,1-2H3,(H,18,22). The number of hydrogen-bond acceptors (Lipinski definition) is 5. The van der Waals surface area contributed by atoms with Gasteiger partial charge in [0.15, 0.2) is 10.8 Å². The maximum atomic E-state index is 11.9. The highest BCUT2D eigenvalue weighted by atomic mass is 32.2. The molecule has 0 fully saturated rings. The number of nitrogens with one attached hydrogen (secondary N) is 1. The molecule has 0 bridgehead atoms. The number of carbonyl (C=O) groups is 1. The molecule has 2 aromatic heterocycles. The Bertz CT molecular complexity index is 862. The van der Waals surface area contributed by atoms with Crippen molar-refractivity contribution in [2.24, 2.45) is 0 Å². The lowest BCUT2D eigenvalue weighted by Gasteiger charge is -2.07. The van der Waals surface area contributed by atoms with Crippen LogP contribution in [-0.2, 0) is 9.53 Å². The maximum Gasteiger partial charge on any atom is 0.230 e. The lowest BCUT2D eigenvalue weighted by Crippen LogP contribution is -2.26. The zero-order valence-corrected chi connectivity index (χ0v) is 14.6. The fraction of sp³-hybridized carbons (Fsp3) is 0.353. The van der Waals surface area contributed by atoms with Gasteiger partial charge in [-0.25, -0.2) is 0 Å². The van der Waals surface area contributed by atoms with Gasteiger partial charge >= 0.3 is 0 Å². The summed E-state index contributed by atoms with van der Waals surface area (Å²) in [7, 11) is 1.65. The molecule has 126 valence electrons. The smallest absolute Gasteiger partial charge is 0.230 e. The van der Waals surface area contributed by atoms with E-state index in [9.17, 15) is 4.79 Å². The molecule has 0 spiro atoms. The number of ether oxygens (including phenoxy) is 1. The average molecular weight is 344 g/mol. The minimum Gasteiger partial charge on any atom is -0.385 e. The SMILES string of the molecule is COCCCNC(=O)CSc1nnc2cc(C)c3ccccc3n12. The van der Waals surface area contributed by atoms with E-state index in [-0.39, 0.29) is 5.91 Å². The van der Waals surface area contributed by atoms with Crippen LogP contribution < -0.4 is 5.32 Å². The number of benzene rings is 1. The van der Waals surface area contributed by atoms with Gasteiger partial charge in [0.05, 0.1) is 11.3 Å². The molecule has 1 N–H and O–H groups in total. The lowest BCUT2D eigenvalue weighted by molar-refractivity contribution is -0.118. The Morgan fingerprint density at radius 1 is 1.33 bits per heavy atom. The molecular weight excluding hydrogens is 324 g/mol. The van der Waals surface area contributed by atoms with Crippen LogP contribution in [0.2, 0.25) is 0 Å². The van der Waals surface area contributed by atoms with E-state index in [0.717, 1.165) is 33.7 Å². The Balaban J connectivity index is 1.76. The summed E-state index contributed by atoms with van der Waals surface area (Å²) >= 11 is 1.40. The van der Waals surface area contributed by atoms with Crippen molar-refractivity contribution in [2.75, 3.05) is 26.0 Å². The molecule has 1 amide bonds. The molecule has 0 atom stereocenters. The molecule has 3 aromatic rings. The first kappa shape index (κ1) is 16.7. The first-order valence-corrected chi connectivity index (χ1v) is 8.81. The minimum atomic E-state index is -0.00993. The quantitative estimate of drug-likeness (QED) is 0.527. The van der Waals surface area contributed by atoms with Crippen molar-refractivity contribution in [3.63, 3.8) is 0 Å². The van der Waals surface area contributed by atoms with E-state index in [0.29, 0.717) is 18.9 Å². The third-order valence-corrected chi connectivity index (χ3v) is 4.68. The number of fused-ring (bicyclic) bond motifs is 3. The van der Waals surface area contributed by atoms with Gasteiger partial charge in [-0.1, -0.05) is 30.0 Å². The van der Waals surface area contributed by atoms with Crippen LogP contribution in [0.3, 0.4) is 0 Å². The molecule has 0 aliphatic rings. The Morgan fingerprint density at radius 3 is 3.00 bits per heavy atom. The summed E-state index contributed by atoms with van der Waals surface area (Å²) in [5.74, 6) is 0.306. The van der Waals surface area contributed by atoms with Crippen LogP contribution >= 0.6 is 11.8 Å². The van der Waals surface area contributed by atoms with Crippen LogP contribution in [0.5, 0.6) is 0 Å². The Kier molecular flexibility index (Phi) is 5.32. The van der Waals surface area contributed by atoms with Gasteiger partial charge in [-0.3, -0.25) is 9.20 Å². The number of amides is 1. The molecule has 0 saturated heterocycles. The van der Waals surface area contributed by atoms with Crippen molar-refractivity contribution in [3.05, 3.63) is 35.9 Å². The number of aromatic nitrogens is 3. The monoisotopic (exact) mass is 344 g/mol. The van der Waals surface area contributed by atoms with Crippen molar-refractivity contribution in [2.45, 2.75) is 18.5 Å². The molecule has 24 heavy (non-hydrogen) atoms. The van der Waals surface area contributed by atoms with Gasteiger partial charge < -0.3 is 10.1 Å². The molecule has 7 heteroatoms. The fourth-order valence-electron chi connectivity index (χ4n) is 2.59. The number of para-hydroxylation sites is 1. The molecule has 0 unspecified atom stereocenters. The highest BCUT2D eigenvalue weighted by Gasteiger charge is 2.12. The van der Waals surface area contributed by atoms with E-state index >= 15 is 0 Å². The van der Waals surface area contributed by atoms with E-state index < -0.39 is 0 Å². The normalized spacial score (nSPS) is 11.2. The summed E-state index contributed by atoms with van der Waals surface area (Å²) in [6.07, 6.45) is 0.810. The van der Waals surface area contributed by atoms with E-state index in [1.54, 1.807) is 7.11 Å². The van der Waals surface area contributed by atoms with E-state index in [1.807, 2.05) is 28.7 Å². The molecule has 3 rings (SSSR count). The Labute approximate surface area is 144 Å². The summed E-state index contributed by atoms with van der Waals surface area (Å²) < 4.78 is 6.97. The third kappa shape index (κ3) is 3.52. The number of methoxy groups -OCH3 is 1. The molecule has 6 nitrogen and oxygen atoms in total. The predicted octanol–water partition coefficient (Wildman–Crippen LogP) is 2.44. The van der Waals surface area contributed by atoms with Gasteiger partial charge in [-0.05, 0) is 31.0 Å². The van der Waals surface area contributed by atoms with Crippen molar-refractivity contribution in [1.29, 1.82) is 0 Å². The van der Waals surface area contributed by atoms with Crippen molar-refractivity contribution >= 4 is 34.2 Å². The van der Waals surface area contributed by atoms with Gasteiger partial charge in [-0.15, -0.1) is 10.2 Å². The summed E-state index contributed by atoms with van der Waals surface area (Å²) in [5, 5.41) is 13.3. The summed E-state index contributed by atoms with van der Waals surface area (Å²) in [6, 6.07) is 10.2. The number of rotatable bonds is 7. The average Bonchev–Trinajstić information content (AvgIpc) is 3.00. The predicted molar refractivity (Wildman–Crippen MR) is 95.5 cm³/mol. The van der Waals surface area contributed by atoms with Crippen LogP contribution in [0.15, 0.2) is 35.5 Å². The summed E-state index contributed by atoms with van der Waals surface area (Å²) in [4.78, 5) is 11.9. The number of hydrogen-bond donors (Lipinski definition) is 1. The largest absolute Gasteiger partial charge is 0.385 e. The third-order valence-electron chi connectivity index (χ3n) is 3.75. The highest BCUT2D eigenvalue weighted by Crippen LogP contribution is 2.25. The summed E-state index contributed by atoms with van der Waals surface area (Å²) in [5.41, 5.74) is 3.02. The summed E-state index contributed by atoms with van der Waals surface area (Å²) in [6.45, 7) is 3.33. The van der Waals surface area contributed by atoms with Crippen LogP contribution in [0.4, 0.5) is 0 Å². The first-order valence-electron chi connectivity index (χ1n) is 7.82. The van der Waals surface area contributed by atoms with Gasteiger partial charge in [0.25, 0.3) is 0 Å². The zero-order chi connectivity index (χ0) is 16.9. The maximum absolute atomic E-state index is 11.9. The van der Waals surface area contributed by atoms with Crippen LogP contribution in [-0.4, -0.2) is 46.5 Å². The Morgan fingerprint density at radius 2 is 2.17 bits per heavy atom. The van der Waals surface area contributed by atoms with Crippen molar-refractivity contribution < 1.29 is 9.53 Å². The number of nitrogens with zero attached hydrogens (tertiary/aromatic N) is 3. The fourth-order valence-corrected chi connectivity index (χ4v) is 3.38. The molecule has 2 heterocycles. The molecular formula is C17H20N4O2S. The second-order valence-corrected chi connectivity index (χ2v) is 6.45. The molecule has 1 aromatic carbocycles. The van der Waals surface area contributed by atoms with Gasteiger partial charge in [0, 0.05) is 25.6 Å². The molecule has 0 aliphatic carbocycles. The molecule has 0 radical (unpaired) electrons. The number of carbonyl (C=O) groups excluding carboxylic acids is 1. The number of aryl methyl sites for hydroxylation is 1. The second kappa shape index (κ2) is 7.63. The molecule has 0 saturated carbocycles. The van der Waals surface area contributed by atoms with Gasteiger partial charge in [0.1, 0.15) is 0 Å². The van der Waals surface area contributed by atoms with Crippen LogP contribution in [0, 0.1) is 6.92 Å². The molecule has 0 aliphatic heterocycles. The van der Waals surface area contributed by atoms with E-state index in [2.05, 4.69) is 28.5 Å².